The number of hydrogen-bond donors (Lipinski definition) is 1. The molecule has 1 aromatic heterocycles. The number of benzene rings is 4. The van der Waals surface area contributed by atoms with E-state index in [0.717, 1.165) is 44.1 Å². The van der Waals surface area contributed by atoms with Crippen molar-refractivity contribution in [2.24, 2.45) is 0 Å². The van der Waals surface area contributed by atoms with E-state index < -0.39 is 34.2 Å². The predicted molar refractivity (Wildman–Crippen MR) is 178 cm³/mol. The molecule has 5 rings (SSSR count). The van der Waals surface area contributed by atoms with Gasteiger partial charge in [-0.15, -0.1) is 0 Å². The summed E-state index contributed by atoms with van der Waals surface area (Å²) in [6, 6.07) is 21.3. The van der Waals surface area contributed by atoms with Crippen LogP contribution in [0.1, 0.15) is 0 Å². The molecule has 0 amide bonds. The van der Waals surface area contributed by atoms with Crippen LogP contribution in [0.15, 0.2) is 60.7 Å². The molecular weight excluding hydrogens is 583 g/mol. The summed E-state index contributed by atoms with van der Waals surface area (Å²) in [5.41, 5.74) is 2.23. The molecule has 0 unspecified atom stereocenters. The van der Waals surface area contributed by atoms with E-state index >= 15 is 0 Å². The van der Waals surface area contributed by atoms with Gasteiger partial charge in [-0.05, 0) is 99.5 Å². The van der Waals surface area contributed by atoms with Gasteiger partial charge in [0.15, 0.2) is 0 Å². The minimum atomic E-state index is -2.42. The number of fused-ring (bicyclic) bond motifs is 7. The summed E-state index contributed by atoms with van der Waals surface area (Å²) in [6.45, 7) is 16.4. The lowest BCUT2D eigenvalue weighted by Crippen LogP contribution is -2.49. The zero-order chi connectivity index (χ0) is 29.8. The van der Waals surface area contributed by atoms with Crippen LogP contribution in [0, 0.1) is 0 Å². The summed E-state index contributed by atoms with van der Waals surface area (Å²) < 4.78 is 36.6. The van der Waals surface area contributed by atoms with E-state index in [2.05, 4.69) is 79.7 Å². The van der Waals surface area contributed by atoms with Crippen molar-refractivity contribution >= 4 is 77.6 Å². The summed E-state index contributed by atoms with van der Waals surface area (Å²) in [5, 5.41) is 6.93. The molecule has 4 aromatic carbocycles. The fraction of sp³-hybridized carbons (Fsp3) is 0.333. The molecule has 41 heavy (non-hydrogen) atoms. The Hall–Kier alpha value is -2.49. The van der Waals surface area contributed by atoms with Crippen LogP contribution in [0.4, 0.5) is 0 Å². The smallest absolute Gasteiger partial charge is 0.383 e. The molecule has 0 aliphatic carbocycles. The van der Waals surface area contributed by atoms with Gasteiger partial charge in [0.05, 0.1) is 11.0 Å². The summed E-state index contributed by atoms with van der Waals surface area (Å²) in [4.78, 5) is 3.74. The van der Waals surface area contributed by atoms with Crippen molar-refractivity contribution in [2.45, 2.75) is 52.4 Å². The molecule has 0 saturated carbocycles. The van der Waals surface area contributed by atoms with Crippen molar-refractivity contribution in [3.8, 4) is 11.5 Å². The third kappa shape index (κ3) is 6.47. The maximum atomic E-state index is 6.39. The number of aromatic amines is 1. The molecule has 0 fully saturated rings. The largest absolute Gasteiger partial charge is 0.521 e. The SMILES string of the molecule is CO[Si](C)(C)O[Si](C)(C)Oc1ccc2c(ccc3c4ccc5cc(O[Si](C)(C)O[Si](C)(C)OC)ccc5c4[nH]c23)c1. The van der Waals surface area contributed by atoms with Crippen LogP contribution in [0.5, 0.6) is 11.5 Å². The molecule has 0 aliphatic rings. The van der Waals surface area contributed by atoms with E-state index in [0.29, 0.717) is 0 Å². The van der Waals surface area contributed by atoms with Gasteiger partial charge in [0.1, 0.15) is 11.5 Å². The fourth-order valence-corrected chi connectivity index (χ4v) is 17.3. The van der Waals surface area contributed by atoms with Gasteiger partial charge in [-0.3, -0.25) is 0 Å². The third-order valence-electron chi connectivity index (χ3n) is 7.22. The monoisotopic (exact) mass is 623 g/mol. The lowest BCUT2D eigenvalue weighted by Gasteiger charge is -2.32. The Morgan fingerprint density at radius 2 is 0.829 bits per heavy atom. The number of H-pyrrole nitrogens is 1. The minimum Gasteiger partial charge on any atom is -0.521 e. The molecule has 0 spiro atoms. The molecule has 1 N–H and O–H groups in total. The van der Waals surface area contributed by atoms with Gasteiger partial charge in [0.25, 0.3) is 0 Å². The van der Waals surface area contributed by atoms with Gasteiger partial charge < -0.3 is 30.9 Å². The van der Waals surface area contributed by atoms with Crippen LogP contribution in [0.3, 0.4) is 0 Å². The lowest BCUT2D eigenvalue weighted by molar-refractivity contribution is 0.280. The second kappa shape index (κ2) is 10.7. The van der Waals surface area contributed by atoms with Crippen LogP contribution >= 0.6 is 0 Å². The Balaban J connectivity index is 1.49. The molecule has 0 atom stereocenters. The van der Waals surface area contributed by atoms with Crippen molar-refractivity contribution in [3.05, 3.63) is 60.7 Å². The van der Waals surface area contributed by atoms with Crippen molar-refractivity contribution in [2.75, 3.05) is 14.2 Å². The second-order valence-electron chi connectivity index (χ2n) is 12.3. The summed E-state index contributed by atoms with van der Waals surface area (Å²) in [6.07, 6.45) is 0. The Labute approximate surface area is 246 Å². The summed E-state index contributed by atoms with van der Waals surface area (Å²) >= 11 is 0. The Morgan fingerprint density at radius 3 is 1.20 bits per heavy atom. The quantitative estimate of drug-likeness (QED) is 0.157. The topological polar surface area (TPSA) is 71.2 Å². The average molecular weight is 624 g/mol. The lowest BCUT2D eigenvalue weighted by atomic mass is 10.0. The first-order chi connectivity index (χ1) is 19.1. The van der Waals surface area contributed by atoms with E-state index in [1.54, 1.807) is 14.2 Å². The standard InChI is InChI=1S/C30H41NO6Si4/c1-32-38(3,4)36-40(7,8)34-23-13-17-25-21(19-23)11-15-27-28-16-12-22-20-24(14-18-26(22)30(28)31-29(25)27)35-41(9,10)37-39(5,6)33-2/h11-20,31H,1-10H3. The maximum absolute atomic E-state index is 6.39. The molecule has 218 valence electrons. The molecule has 7 nitrogen and oxygen atoms in total. The van der Waals surface area contributed by atoms with Gasteiger partial charge in [-0.2, -0.15) is 0 Å². The molecule has 11 heteroatoms. The van der Waals surface area contributed by atoms with E-state index in [4.69, 9.17) is 25.9 Å². The normalized spacial score (nSPS) is 13.5. The Morgan fingerprint density at radius 1 is 0.463 bits per heavy atom. The molecule has 0 bridgehead atoms. The van der Waals surface area contributed by atoms with Crippen molar-refractivity contribution < 1.29 is 25.9 Å². The Bertz CT molecular complexity index is 1620. The van der Waals surface area contributed by atoms with Crippen LogP contribution in [-0.2, 0) is 17.1 Å². The maximum Gasteiger partial charge on any atom is 0.383 e. The van der Waals surface area contributed by atoms with Crippen molar-refractivity contribution in [1.82, 2.24) is 4.98 Å². The summed E-state index contributed by atoms with van der Waals surface area (Å²) in [7, 11) is -5.85. The average Bonchev–Trinajstić information content (AvgIpc) is 3.26. The molecule has 0 radical (unpaired) electrons. The highest BCUT2D eigenvalue weighted by Crippen LogP contribution is 2.37. The van der Waals surface area contributed by atoms with E-state index in [1.807, 2.05) is 38.3 Å². The number of aromatic nitrogens is 1. The third-order valence-corrected chi connectivity index (χ3v) is 18.5. The number of rotatable bonds is 10. The van der Waals surface area contributed by atoms with E-state index in [9.17, 15) is 0 Å². The zero-order valence-corrected chi connectivity index (χ0v) is 29.7. The van der Waals surface area contributed by atoms with Crippen LogP contribution in [-0.4, -0.2) is 53.4 Å². The number of nitrogens with one attached hydrogen (secondary N) is 1. The minimum absolute atomic E-state index is 0.815. The van der Waals surface area contributed by atoms with Gasteiger partial charge in [-0.1, -0.05) is 24.3 Å². The highest BCUT2D eigenvalue weighted by molar-refractivity contribution is 6.79. The van der Waals surface area contributed by atoms with E-state index in [-0.39, 0.29) is 0 Å². The van der Waals surface area contributed by atoms with Crippen molar-refractivity contribution in [1.29, 1.82) is 0 Å². The molecule has 0 saturated heterocycles. The summed E-state index contributed by atoms with van der Waals surface area (Å²) in [5.74, 6) is 1.63. The predicted octanol–water partition coefficient (Wildman–Crippen LogP) is 8.52. The van der Waals surface area contributed by atoms with Crippen molar-refractivity contribution in [3.63, 3.8) is 0 Å². The second-order valence-corrected chi connectivity index (χ2v) is 26.3. The van der Waals surface area contributed by atoms with Crippen LogP contribution in [0.25, 0.3) is 43.4 Å². The first-order valence-corrected chi connectivity index (χ1v) is 25.2. The first-order valence-electron chi connectivity index (χ1n) is 13.9. The van der Waals surface area contributed by atoms with Crippen LogP contribution < -0.4 is 8.85 Å². The molecular formula is C30H41NO6Si4. The number of hydrogen-bond acceptors (Lipinski definition) is 6. The van der Waals surface area contributed by atoms with Gasteiger partial charge in [0.2, 0.25) is 0 Å². The van der Waals surface area contributed by atoms with Gasteiger partial charge in [-0.25, -0.2) is 0 Å². The highest BCUT2D eigenvalue weighted by atomic mass is 28.5. The first kappa shape index (κ1) is 30.0. The fourth-order valence-electron chi connectivity index (χ4n) is 5.46. The van der Waals surface area contributed by atoms with E-state index in [1.165, 1.54) is 10.8 Å². The molecule has 0 aliphatic heterocycles. The Kier molecular flexibility index (Phi) is 7.79. The van der Waals surface area contributed by atoms with Crippen LogP contribution in [0.2, 0.25) is 52.4 Å². The molecule has 1 heterocycles. The van der Waals surface area contributed by atoms with Gasteiger partial charge >= 0.3 is 34.2 Å². The highest BCUT2D eigenvalue weighted by Gasteiger charge is 2.38. The zero-order valence-electron chi connectivity index (χ0n) is 25.7. The molecule has 5 aromatic rings. The van der Waals surface area contributed by atoms with Gasteiger partial charge in [0, 0.05) is 35.8 Å².